The van der Waals surface area contributed by atoms with Gasteiger partial charge >= 0.3 is 0 Å². The van der Waals surface area contributed by atoms with Gasteiger partial charge in [-0.3, -0.25) is 4.98 Å². The second-order valence-corrected chi connectivity index (χ2v) is 18.0. The fourth-order valence-corrected chi connectivity index (χ4v) is 11.0. The normalized spacial score (nSPS) is 18.3. The summed E-state index contributed by atoms with van der Waals surface area (Å²) in [4.78, 5) is 19.7. The van der Waals surface area contributed by atoms with Gasteiger partial charge in [0.25, 0.3) is 0 Å². The molecule has 4 heteroatoms. The van der Waals surface area contributed by atoms with E-state index in [4.69, 9.17) is 15.0 Å². The van der Waals surface area contributed by atoms with Crippen LogP contribution >= 0.6 is 0 Å². The second-order valence-electron chi connectivity index (χ2n) is 18.0. The molecule has 2 heterocycles. The highest BCUT2D eigenvalue weighted by atomic mass is 15.0. The van der Waals surface area contributed by atoms with Crippen molar-refractivity contribution in [3.8, 4) is 89.8 Å². The Kier molecular flexibility index (Phi) is 9.33. The monoisotopic (exact) mass is 822 g/mol. The quantitative estimate of drug-likeness (QED) is 0.150. The maximum absolute atomic E-state index is 5.22. The summed E-state index contributed by atoms with van der Waals surface area (Å²) in [6, 6.07) is 65.7. The van der Waals surface area contributed by atoms with Crippen LogP contribution in [0.25, 0.3) is 89.8 Å². The average Bonchev–Trinajstić information content (AvgIpc) is 3.64. The van der Waals surface area contributed by atoms with Gasteiger partial charge in [-0.05, 0) is 147 Å². The molecule has 3 aliphatic rings. The summed E-state index contributed by atoms with van der Waals surface area (Å²) >= 11 is 0. The Labute approximate surface area is 375 Å². The van der Waals surface area contributed by atoms with Crippen LogP contribution in [0.4, 0.5) is 0 Å². The summed E-state index contributed by atoms with van der Waals surface area (Å²) < 4.78 is 0. The summed E-state index contributed by atoms with van der Waals surface area (Å²) in [6.45, 7) is 2.42. The lowest BCUT2D eigenvalue weighted by molar-refractivity contribution is 0.284. The fourth-order valence-electron chi connectivity index (χ4n) is 11.0. The van der Waals surface area contributed by atoms with Crippen molar-refractivity contribution in [1.82, 2.24) is 19.9 Å². The van der Waals surface area contributed by atoms with Crippen LogP contribution in [-0.4, -0.2) is 19.9 Å². The molecule has 2 bridgehead atoms. The van der Waals surface area contributed by atoms with Gasteiger partial charge in [-0.1, -0.05) is 158 Å². The van der Waals surface area contributed by atoms with Gasteiger partial charge in [-0.25, -0.2) is 15.0 Å². The summed E-state index contributed by atoms with van der Waals surface area (Å²) in [5.74, 6) is 3.27. The Morgan fingerprint density at radius 2 is 0.922 bits per heavy atom. The zero-order valence-corrected chi connectivity index (χ0v) is 35.8. The van der Waals surface area contributed by atoms with Crippen LogP contribution in [-0.2, 0) is 5.41 Å². The zero-order valence-electron chi connectivity index (χ0n) is 35.8. The van der Waals surface area contributed by atoms with Crippen molar-refractivity contribution < 1.29 is 0 Å². The molecule has 7 aromatic carbocycles. The first-order valence-electron chi connectivity index (χ1n) is 22.7. The highest BCUT2D eigenvalue weighted by Gasteiger charge is 2.49. The number of allylic oxidation sites excluding steroid dienone is 2. The summed E-state index contributed by atoms with van der Waals surface area (Å²) in [5.41, 5.74) is 19.3. The molecule has 306 valence electrons. The number of benzene rings is 7. The van der Waals surface area contributed by atoms with Gasteiger partial charge in [-0.2, -0.15) is 0 Å². The molecule has 2 aromatic heterocycles. The minimum absolute atomic E-state index is 0.145. The van der Waals surface area contributed by atoms with E-state index in [2.05, 4.69) is 164 Å². The van der Waals surface area contributed by atoms with E-state index in [1.54, 1.807) is 5.57 Å². The standard InChI is InChI=1S/C60H46N4/c1-39-31-40-25-28-60(52(32-39)33-40)55-24-22-47(41-11-5-2-6-12-41)37-54(55)53-23-21-48(38-56(53)60)50-34-49(43-19-17-42(18-20-43)44-26-29-61-30-27-44)35-51(36-50)59-63-57(45-13-7-3-8-14-45)62-58(64-59)46-15-9-4-10-16-46/h2-24,26-27,29-30,32,34-40H,25,28,31,33H2,1H3. The molecule has 4 nitrogen and oxygen atoms in total. The lowest BCUT2D eigenvalue weighted by atomic mass is 9.58. The van der Waals surface area contributed by atoms with E-state index in [-0.39, 0.29) is 5.41 Å². The van der Waals surface area contributed by atoms with Crippen molar-refractivity contribution >= 4 is 0 Å². The summed E-state index contributed by atoms with van der Waals surface area (Å²) in [7, 11) is 0. The van der Waals surface area contributed by atoms with Crippen molar-refractivity contribution in [1.29, 1.82) is 0 Å². The zero-order chi connectivity index (χ0) is 42.6. The Morgan fingerprint density at radius 1 is 0.422 bits per heavy atom. The lowest BCUT2D eigenvalue weighted by Crippen LogP contribution is -2.36. The molecule has 3 unspecified atom stereocenters. The van der Waals surface area contributed by atoms with Gasteiger partial charge in [-0.15, -0.1) is 0 Å². The van der Waals surface area contributed by atoms with E-state index < -0.39 is 0 Å². The molecule has 12 rings (SSSR count). The van der Waals surface area contributed by atoms with Crippen LogP contribution in [0.3, 0.4) is 0 Å². The topological polar surface area (TPSA) is 51.6 Å². The van der Waals surface area contributed by atoms with Crippen molar-refractivity contribution in [2.75, 3.05) is 0 Å². The van der Waals surface area contributed by atoms with Crippen LogP contribution in [0.15, 0.2) is 206 Å². The number of pyridine rings is 1. The van der Waals surface area contributed by atoms with E-state index in [1.807, 2.05) is 48.8 Å². The number of hydrogen-bond acceptors (Lipinski definition) is 4. The third kappa shape index (κ3) is 6.69. The maximum Gasteiger partial charge on any atom is 0.164 e. The molecule has 1 spiro atoms. The van der Waals surface area contributed by atoms with Gasteiger partial charge in [0, 0.05) is 34.5 Å². The van der Waals surface area contributed by atoms with Crippen molar-refractivity contribution in [3.63, 3.8) is 0 Å². The minimum atomic E-state index is -0.145. The second kappa shape index (κ2) is 15.7. The van der Waals surface area contributed by atoms with Crippen molar-refractivity contribution in [2.24, 2.45) is 11.8 Å². The number of fused-ring (bicyclic) bond motifs is 8. The van der Waals surface area contributed by atoms with E-state index in [1.165, 1.54) is 58.2 Å². The van der Waals surface area contributed by atoms with E-state index >= 15 is 0 Å². The first-order chi connectivity index (χ1) is 31.6. The first-order valence-corrected chi connectivity index (χ1v) is 22.7. The Morgan fingerprint density at radius 3 is 1.58 bits per heavy atom. The molecule has 1 fully saturated rings. The summed E-state index contributed by atoms with van der Waals surface area (Å²) in [6.07, 6.45) is 11.2. The molecule has 0 saturated heterocycles. The number of nitrogens with zero attached hydrogens (tertiary/aromatic N) is 4. The molecule has 0 radical (unpaired) electrons. The molecular weight excluding hydrogens is 777 g/mol. The van der Waals surface area contributed by atoms with Gasteiger partial charge in [0.05, 0.1) is 0 Å². The third-order valence-electron chi connectivity index (χ3n) is 14.0. The van der Waals surface area contributed by atoms with Crippen LogP contribution < -0.4 is 0 Å². The molecule has 0 N–H and O–H groups in total. The molecule has 3 aliphatic carbocycles. The largest absolute Gasteiger partial charge is 0.265 e. The molecule has 3 atom stereocenters. The molecule has 64 heavy (non-hydrogen) atoms. The van der Waals surface area contributed by atoms with Crippen LogP contribution in [0.2, 0.25) is 0 Å². The summed E-state index contributed by atoms with van der Waals surface area (Å²) in [5, 5.41) is 0. The first kappa shape index (κ1) is 38.1. The van der Waals surface area contributed by atoms with Crippen LogP contribution in [0.1, 0.15) is 43.7 Å². The molecule has 1 saturated carbocycles. The number of hydrogen-bond donors (Lipinski definition) is 0. The molecule has 0 aliphatic heterocycles. The fraction of sp³-hybridized carbons (Fsp3) is 0.133. The maximum atomic E-state index is 5.22. The Balaban J connectivity index is 1.05. The van der Waals surface area contributed by atoms with Gasteiger partial charge < -0.3 is 0 Å². The smallest absolute Gasteiger partial charge is 0.164 e. The van der Waals surface area contributed by atoms with Crippen molar-refractivity contribution in [3.05, 3.63) is 217 Å². The lowest BCUT2D eigenvalue weighted by Gasteiger charge is -2.45. The van der Waals surface area contributed by atoms with E-state index in [9.17, 15) is 0 Å². The Bertz CT molecular complexity index is 3160. The predicted octanol–water partition coefficient (Wildman–Crippen LogP) is 15.0. The third-order valence-corrected chi connectivity index (χ3v) is 14.0. The number of aromatic nitrogens is 4. The Hall–Kier alpha value is -7.56. The minimum Gasteiger partial charge on any atom is -0.265 e. The highest BCUT2D eigenvalue weighted by molar-refractivity contribution is 5.90. The van der Waals surface area contributed by atoms with Gasteiger partial charge in [0.2, 0.25) is 0 Å². The van der Waals surface area contributed by atoms with Crippen molar-refractivity contribution in [2.45, 2.75) is 38.0 Å². The van der Waals surface area contributed by atoms with Crippen LogP contribution in [0, 0.1) is 11.8 Å². The highest BCUT2D eigenvalue weighted by Crippen LogP contribution is 2.61. The van der Waals surface area contributed by atoms with Gasteiger partial charge in [0.1, 0.15) is 0 Å². The molecule has 9 aromatic rings. The van der Waals surface area contributed by atoms with E-state index in [0.29, 0.717) is 23.4 Å². The molecular formula is C60H46N4. The van der Waals surface area contributed by atoms with E-state index in [0.717, 1.165) is 56.8 Å². The molecule has 0 amide bonds. The van der Waals surface area contributed by atoms with Crippen LogP contribution in [0.5, 0.6) is 0 Å². The van der Waals surface area contributed by atoms with Gasteiger partial charge in [0.15, 0.2) is 17.5 Å². The number of rotatable bonds is 7. The predicted molar refractivity (Wildman–Crippen MR) is 261 cm³/mol. The average molecular weight is 823 g/mol. The SMILES string of the molecule is CC1C=C2CC(CCC23c2ccc(-c4ccccc4)cc2-c2ccc(-c4cc(-c5ccc(-c6ccncc6)cc5)cc(-c5nc(-c6ccccc6)nc(-c6ccccc6)n5)c4)cc23)C1.